The largest absolute Gasteiger partial charge is 0.354 e. The van der Waals surface area contributed by atoms with Crippen LogP contribution in [0.5, 0.6) is 0 Å². The van der Waals surface area contributed by atoms with Crippen molar-refractivity contribution >= 4 is 23.3 Å². The molecule has 8 heteroatoms. The molecule has 3 N–H and O–H groups in total. The number of hydrogen-bond acceptors (Lipinski definition) is 4. The number of aryl methyl sites for hydroxylation is 1. The Hall–Kier alpha value is -3.26. The standard InChI is InChI=1S/C25H29FN4O2S/c1-3-4-22(30-25(32)28-15-19-7-11-21(26)12-8-19)24(31)27-14-13-18-5-9-20(10-6-18)23-16-33-17(2)29-23/h5-12,16,22H,3-4,13-15H2,1-2H3,(H,27,31)(H2,28,30,32). The molecule has 0 bridgehead atoms. The molecule has 1 heterocycles. The summed E-state index contributed by atoms with van der Waals surface area (Å²) < 4.78 is 13.0. The highest BCUT2D eigenvalue weighted by Crippen LogP contribution is 2.21. The van der Waals surface area contributed by atoms with E-state index >= 15 is 0 Å². The van der Waals surface area contributed by atoms with Gasteiger partial charge in [-0.3, -0.25) is 4.79 Å². The van der Waals surface area contributed by atoms with Gasteiger partial charge in [0.2, 0.25) is 5.91 Å². The summed E-state index contributed by atoms with van der Waals surface area (Å²) >= 11 is 1.63. The van der Waals surface area contributed by atoms with Gasteiger partial charge < -0.3 is 16.0 Å². The average Bonchev–Trinajstić information content (AvgIpc) is 3.25. The first-order valence-electron chi connectivity index (χ1n) is 11.0. The highest BCUT2D eigenvalue weighted by Gasteiger charge is 2.19. The van der Waals surface area contributed by atoms with Crippen LogP contribution < -0.4 is 16.0 Å². The Morgan fingerprint density at radius 2 is 1.73 bits per heavy atom. The van der Waals surface area contributed by atoms with Crippen LogP contribution in [0.2, 0.25) is 0 Å². The van der Waals surface area contributed by atoms with E-state index in [0.717, 1.165) is 33.8 Å². The summed E-state index contributed by atoms with van der Waals surface area (Å²) in [5.74, 6) is -0.531. The second-order valence-electron chi connectivity index (χ2n) is 7.78. The molecule has 3 rings (SSSR count). The van der Waals surface area contributed by atoms with Gasteiger partial charge in [-0.25, -0.2) is 14.2 Å². The Kier molecular flexibility index (Phi) is 8.95. The van der Waals surface area contributed by atoms with Crippen LogP contribution in [0.3, 0.4) is 0 Å². The molecule has 0 saturated heterocycles. The maximum atomic E-state index is 13.0. The first-order valence-corrected chi connectivity index (χ1v) is 11.9. The molecule has 0 fully saturated rings. The van der Waals surface area contributed by atoms with E-state index in [0.29, 0.717) is 19.4 Å². The number of thiazole rings is 1. The molecule has 33 heavy (non-hydrogen) atoms. The molecule has 2 aromatic carbocycles. The molecule has 0 spiro atoms. The van der Waals surface area contributed by atoms with E-state index in [1.165, 1.54) is 12.1 Å². The van der Waals surface area contributed by atoms with Gasteiger partial charge in [0.15, 0.2) is 0 Å². The zero-order valence-electron chi connectivity index (χ0n) is 18.9. The Bertz CT molecular complexity index is 1050. The molecule has 1 unspecified atom stereocenters. The van der Waals surface area contributed by atoms with E-state index in [2.05, 4.69) is 20.9 Å². The number of aromatic nitrogens is 1. The molecule has 3 amide bonds. The summed E-state index contributed by atoms with van der Waals surface area (Å²) in [6.07, 6.45) is 1.99. The van der Waals surface area contributed by atoms with E-state index in [-0.39, 0.29) is 18.3 Å². The molecular formula is C25H29FN4O2S. The van der Waals surface area contributed by atoms with E-state index < -0.39 is 12.1 Å². The summed E-state index contributed by atoms with van der Waals surface area (Å²) in [5.41, 5.74) is 3.94. The zero-order chi connectivity index (χ0) is 23.6. The number of hydrogen-bond donors (Lipinski definition) is 3. The molecule has 0 aliphatic carbocycles. The number of amides is 3. The summed E-state index contributed by atoms with van der Waals surface area (Å²) in [7, 11) is 0. The van der Waals surface area contributed by atoms with Crippen molar-refractivity contribution in [2.45, 2.75) is 45.7 Å². The Labute approximate surface area is 197 Å². The molecule has 0 aliphatic rings. The Balaban J connectivity index is 1.44. The summed E-state index contributed by atoms with van der Waals surface area (Å²) in [6, 6.07) is 13.0. The lowest BCUT2D eigenvalue weighted by atomic mass is 10.1. The Morgan fingerprint density at radius 3 is 2.36 bits per heavy atom. The molecule has 1 atom stereocenters. The molecule has 0 saturated carbocycles. The number of carbonyl (C=O) groups is 2. The number of halogens is 1. The second kappa shape index (κ2) is 12.1. The highest BCUT2D eigenvalue weighted by molar-refractivity contribution is 7.09. The van der Waals surface area contributed by atoms with Crippen LogP contribution in [-0.2, 0) is 17.8 Å². The number of urea groups is 1. The lowest BCUT2D eigenvalue weighted by Crippen LogP contribution is -2.50. The lowest BCUT2D eigenvalue weighted by molar-refractivity contribution is -0.123. The molecule has 3 aromatic rings. The molecule has 0 radical (unpaired) electrons. The fourth-order valence-corrected chi connectivity index (χ4v) is 3.96. The van der Waals surface area contributed by atoms with Crippen molar-refractivity contribution in [1.29, 1.82) is 0 Å². The molecule has 6 nitrogen and oxygen atoms in total. The van der Waals surface area contributed by atoms with Crippen molar-refractivity contribution in [1.82, 2.24) is 20.9 Å². The molecular weight excluding hydrogens is 439 g/mol. The van der Waals surface area contributed by atoms with E-state index in [1.807, 2.05) is 43.5 Å². The maximum absolute atomic E-state index is 13.0. The van der Waals surface area contributed by atoms with Crippen LogP contribution >= 0.6 is 11.3 Å². The quantitative estimate of drug-likeness (QED) is 0.407. The van der Waals surface area contributed by atoms with Crippen LogP contribution in [0, 0.1) is 12.7 Å². The minimum atomic E-state index is -0.613. The number of benzene rings is 2. The van der Waals surface area contributed by atoms with Crippen LogP contribution in [-0.4, -0.2) is 29.5 Å². The van der Waals surface area contributed by atoms with Crippen molar-refractivity contribution in [2.24, 2.45) is 0 Å². The predicted octanol–water partition coefficient (Wildman–Crippen LogP) is 4.58. The SMILES string of the molecule is CCCC(NC(=O)NCc1ccc(F)cc1)C(=O)NCCc1ccc(-c2csc(C)n2)cc1. The van der Waals surface area contributed by atoms with Crippen LogP contribution in [0.4, 0.5) is 9.18 Å². The third-order valence-corrected chi connectivity index (χ3v) is 5.92. The zero-order valence-corrected chi connectivity index (χ0v) is 19.7. The van der Waals surface area contributed by atoms with Crippen LogP contribution in [0.1, 0.15) is 35.9 Å². The molecule has 1 aromatic heterocycles. The van der Waals surface area contributed by atoms with Gasteiger partial charge in [-0.1, -0.05) is 49.7 Å². The predicted molar refractivity (Wildman–Crippen MR) is 129 cm³/mol. The summed E-state index contributed by atoms with van der Waals surface area (Å²) in [6.45, 7) is 4.68. The number of rotatable bonds is 10. The van der Waals surface area contributed by atoms with Crippen LogP contribution in [0.25, 0.3) is 11.3 Å². The molecule has 0 aliphatic heterocycles. The maximum Gasteiger partial charge on any atom is 0.315 e. The number of nitrogens with zero attached hydrogens (tertiary/aromatic N) is 1. The van der Waals surface area contributed by atoms with Crippen LogP contribution in [0.15, 0.2) is 53.9 Å². The van der Waals surface area contributed by atoms with Crippen molar-refractivity contribution in [3.63, 3.8) is 0 Å². The highest BCUT2D eigenvalue weighted by atomic mass is 32.1. The van der Waals surface area contributed by atoms with E-state index in [4.69, 9.17) is 0 Å². The van der Waals surface area contributed by atoms with E-state index in [1.54, 1.807) is 23.5 Å². The van der Waals surface area contributed by atoms with Crippen molar-refractivity contribution in [2.75, 3.05) is 6.54 Å². The average molecular weight is 469 g/mol. The van der Waals surface area contributed by atoms with Gasteiger partial charge in [-0.15, -0.1) is 11.3 Å². The van der Waals surface area contributed by atoms with Gasteiger partial charge in [0.1, 0.15) is 11.9 Å². The van der Waals surface area contributed by atoms with E-state index in [9.17, 15) is 14.0 Å². The summed E-state index contributed by atoms with van der Waals surface area (Å²) in [4.78, 5) is 29.3. The van der Waals surface area contributed by atoms with Gasteiger partial charge in [-0.05, 0) is 43.0 Å². The third kappa shape index (κ3) is 7.68. The van der Waals surface area contributed by atoms with Gasteiger partial charge >= 0.3 is 6.03 Å². The summed E-state index contributed by atoms with van der Waals surface area (Å²) in [5, 5.41) is 11.4. The fourth-order valence-electron chi connectivity index (χ4n) is 3.34. The lowest BCUT2D eigenvalue weighted by Gasteiger charge is -2.18. The first-order chi connectivity index (χ1) is 15.9. The van der Waals surface area contributed by atoms with Gasteiger partial charge in [0.05, 0.1) is 10.7 Å². The van der Waals surface area contributed by atoms with Crippen molar-refractivity contribution in [3.05, 3.63) is 75.9 Å². The smallest absolute Gasteiger partial charge is 0.315 e. The minimum Gasteiger partial charge on any atom is -0.354 e. The first kappa shape index (κ1) is 24.4. The number of nitrogens with one attached hydrogen (secondary N) is 3. The third-order valence-electron chi connectivity index (χ3n) is 5.15. The van der Waals surface area contributed by atoms with Crippen molar-refractivity contribution < 1.29 is 14.0 Å². The van der Waals surface area contributed by atoms with Gasteiger partial charge in [0, 0.05) is 24.0 Å². The van der Waals surface area contributed by atoms with Gasteiger partial charge in [-0.2, -0.15) is 0 Å². The Morgan fingerprint density at radius 1 is 1.03 bits per heavy atom. The van der Waals surface area contributed by atoms with Crippen molar-refractivity contribution in [3.8, 4) is 11.3 Å². The minimum absolute atomic E-state index is 0.205. The second-order valence-corrected chi connectivity index (χ2v) is 8.85. The monoisotopic (exact) mass is 468 g/mol. The van der Waals surface area contributed by atoms with Gasteiger partial charge in [0.25, 0.3) is 0 Å². The number of carbonyl (C=O) groups excluding carboxylic acids is 2. The molecule has 174 valence electrons. The fraction of sp³-hybridized carbons (Fsp3) is 0.320. The topological polar surface area (TPSA) is 83.1 Å². The normalized spacial score (nSPS) is 11.6.